The highest BCUT2D eigenvalue weighted by Crippen LogP contribution is 2.23. The second-order valence-corrected chi connectivity index (χ2v) is 5.52. The summed E-state index contributed by atoms with van der Waals surface area (Å²) in [7, 11) is 0. The second-order valence-electron chi connectivity index (χ2n) is 4.67. The van der Waals surface area contributed by atoms with Gasteiger partial charge in [-0.15, -0.1) is 0 Å². The molecule has 0 bridgehead atoms. The van der Waals surface area contributed by atoms with Crippen molar-refractivity contribution < 1.29 is 9.53 Å². The molecule has 0 aliphatic heterocycles. The molecule has 1 rings (SSSR count). The van der Waals surface area contributed by atoms with Crippen LogP contribution in [0.2, 0.25) is 0 Å². The first-order chi connectivity index (χ1) is 7.94. The van der Waals surface area contributed by atoms with Crippen LogP contribution >= 0.6 is 11.9 Å². The molecular formula is C13H19NO2S. The van der Waals surface area contributed by atoms with Crippen molar-refractivity contribution in [1.29, 1.82) is 0 Å². The normalized spacial score (nSPS) is 11.3. The van der Waals surface area contributed by atoms with Crippen LogP contribution in [-0.2, 0) is 4.74 Å². The largest absolute Gasteiger partial charge is 0.462 e. The molecule has 4 heteroatoms. The first-order valence-electron chi connectivity index (χ1n) is 5.64. The predicted molar refractivity (Wildman–Crippen MR) is 71.1 cm³/mol. The van der Waals surface area contributed by atoms with Gasteiger partial charge in [-0.2, -0.15) is 0 Å². The second kappa shape index (κ2) is 6.07. The van der Waals surface area contributed by atoms with Gasteiger partial charge in [-0.05, 0) is 51.8 Å². The number of carbonyl (C=O) groups is 1. The molecule has 0 aliphatic carbocycles. The molecule has 1 N–H and O–H groups in total. The number of esters is 1. The van der Waals surface area contributed by atoms with E-state index in [2.05, 4.69) is 25.5 Å². The van der Waals surface area contributed by atoms with Crippen LogP contribution in [0, 0.1) is 0 Å². The minimum atomic E-state index is -0.272. The van der Waals surface area contributed by atoms with Crippen LogP contribution in [0.15, 0.2) is 29.2 Å². The van der Waals surface area contributed by atoms with Gasteiger partial charge in [0, 0.05) is 10.4 Å². The first-order valence-corrected chi connectivity index (χ1v) is 6.46. The van der Waals surface area contributed by atoms with Gasteiger partial charge in [-0.25, -0.2) is 4.79 Å². The Morgan fingerprint density at radius 2 is 2.00 bits per heavy atom. The summed E-state index contributed by atoms with van der Waals surface area (Å²) in [5.41, 5.74) is 0.600. The molecule has 0 saturated carbocycles. The predicted octanol–water partition coefficient (Wildman–Crippen LogP) is 3.26. The van der Waals surface area contributed by atoms with Crippen LogP contribution in [0.25, 0.3) is 0 Å². The summed E-state index contributed by atoms with van der Waals surface area (Å²) < 4.78 is 8.30. The van der Waals surface area contributed by atoms with Gasteiger partial charge in [0.15, 0.2) is 0 Å². The smallest absolute Gasteiger partial charge is 0.339 e. The molecule has 3 nitrogen and oxygen atoms in total. The minimum Gasteiger partial charge on any atom is -0.462 e. The van der Waals surface area contributed by atoms with Gasteiger partial charge in [0.25, 0.3) is 0 Å². The zero-order valence-electron chi connectivity index (χ0n) is 10.7. The average molecular weight is 253 g/mol. The van der Waals surface area contributed by atoms with Gasteiger partial charge >= 0.3 is 5.97 Å². The van der Waals surface area contributed by atoms with Gasteiger partial charge in [0.1, 0.15) is 0 Å². The molecule has 0 unspecified atom stereocenters. The maximum atomic E-state index is 11.7. The average Bonchev–Trinajstić information content (AvgIpc) is 2.26. The third kappa shape index (κ3) is 4.79. The Balaban J connectivity index is 2.81. The standard InChI is InChI=1S/C13H19NO2S/c1-5-16-12(15)10-8-6-7-9-11(10)17-14-13(2,3)4/h6-9,14H,5H2,1-4H3. The van der Waals surface area contributed by atoms with Crippen LogP contribution < -0.4 is 4.72 Å². The van der Waals surface area contributed by atoms with E-state index >= 15 is 0 Å². The summed E-state index contributed by atoms with van der Waals surface area (Å²) in [6.07, 6.45) is 0. The molecule has 0 aromatic heterocycles. The van der Waals surface area contributed by atoms with Crippen LogP contribution in [0.3, 0.4) is 0 Å². The summed E-state index contributed by atoms with van der Waals surface area (Å²) in [6, 6.07) is 7.45. The lowest BCUT2D eigenvalue weighted by molar-refractivity contribution is 0.0522. The van der Waals surface area contributed by atoms with E-state index in [-0.39, 0.29) is 11.5 Å². The highest BCUT2D eigenvalue weighted by molar-refractivity contribution is 7.97. The lowest BCUT2D eigenvalue weighted by Crippen LogP contribution is -2.30. The minimum absolute atomic E-state index is 0.00750. The Labute approximate surface area is 107 Å². The molecule has 1 aromatic carbocycles. The van der Waals surface area contributed by atoms with Gasteiger partial charge in [-0.1, -0.05) is 12.1 Å². The fraction of sp³-hybridized carbons (Fsp3) is 0.462. The van der Waals surface area contributed by atoms with Crippen molar-refractivity contribution in [2.75, 3.05) is 6.61 Å². The van der Waals surface area contributed by atoms with Crippen molar-refractivity contribution in [3.63, 3.8) is 0 Å². The number of carbonyl (C=O) groups excluding carboxylic acids is 1. The summed E-state index contributed by atoms with van der Waals surface area (Å²) in [5, 5.41) is 0. The number of hydrogen-bond acceptors (Lipinski definition) is 4. The van der Waals surface area contributed by atoms with Crippen molar-refractivity contribution in [1.82, 2.24) is 4.72 Å². The van der Waals surface area contributed by atoms with E-state index in [4.69, 9.17) is 4.74 Å². The van der Waals surface area contributed by atoms with Crippen molar-refractivity contribution >= 4 is 17.9 Å². The number of hydrogen-bond donors (Lipinski definition) is 1. The maximum absolute atomic E-state index is 11.7. The molecular weight excluding hydrogens is 234 g/mol. The number of benzene rings is 1. The van der Waals surface area contributed by atoms with Crippen LogP contribution in [0.1, 0.15) is 38.1 Å². The van der Waals surface area contributed by atoms with Crippen molar-refractivity contribution in [3.8, 4) is 0 Å². The molecule has 17 heavy (non-hydrogen) atoms. The van der Waals surface area contributed by atoms with Crippen molar-refractivity contribution in [2.24, 2.45) is 0 Å². The van der Waals surface area contributed by atoms with E-state index in [1.165, 1.54) is 11.9 Å². The molecule has 0 spiro atoms. The van der Waals surface area contributed by atoms with Crippen molar-refractivity contribution in [3.05, 3.63) is 29.8 Å². The Hall–Kier alpha value is -1.00. The molecule has 0 radical (unpaired) electrons. The molecule has 0 aliphatic rings. The molecule has 1 aromatic rings. The summed E-state index contributed by atoms with van der Waals surface area (Å²) in [6.45, 7) is 8.43. The topological polar surface area (TPSA) is 38.3 Å². The molecule has 94 valence electrons. The fourth-order valence-corrected chi connectivity index (χ4v) is 1.97. The van der Waals surface area contributed by atoms with Crippen LogP contribution in [0.4, 0.5) is 0 Å². The fourth-order valence-electron chi connectivity index (χ4n) is 1.14. The maximum Gasteiger partial charge on any atom is 0.339 e. The van der Waals surface area contributed by atoms with Crippen molar-refractivity contribution in [2.45, 2.75) is 38.1 Å². The van der Waals surface area contributed by atoms with E-state index in [0.717, 1.165) is 4.90 Å². The van der Waals surface area contributed by atoms with E-state index < -0.39 is 0 Å². The first kappa shape index (κ1) is 14.1. The monoisotopic (exact) mass is 253 g/mol. The molecule has 0 saturated heterocycles. The van der Waals surface area contributed by atoms with E-state index in [0.29, 0.717) is 12.2 Å². The zero-order valence-corrected chi connectivity index (χ0v) is 11.6. The van der Waals surface area contributed by atoms with Gasteiger partial charge in [0.05, 0.1) is 12.2 Å². The van der Waals surface area contributed by atoms with Gasteiger partial charge in [-0.3, -0.25) is 4.72 Å². The number of ether oxygens (including phenoxy) is 1. The van der Waals surface area contributed by atoms with Crippen LogP contribution in [0.5, 0.6) is 0 Å². The lowest BCUT2D eigenvalue weighted by atomic mass is 10.1. The number of rotatable bonds is 4. The summed E-state index contributed by atoms with van der Waals surface area (Å²) >= 11 is 1.46. The third-order valence-corrected chi connectivity index (χ3v) is 3.14. The molecule has 0 heterocycles. The lowest BCUT2D eigenvalue weighted by Gasteiger charge is -2.20. The van der Waals surface area contributed by atoms with Crippen LogP contribution in [-0.4, -0.2) is 18.1 Å². The Kier molecular flexibility index (Phi) is 5.02. The highest BCUT2D eigenvalue weighted by Gasteiger charge is 2.15. The number of nitrogens with one attached hydrogen (secondary N) is 1. The molecule has 0 fully saturated rings. The quantitative estimate of drug-likeness (QED) is 0.660. The zero-order chi connectivity index (χ0) is 12.9. The summed E-state index contributed by atoms with van der Waals surface area (Å²) in [4.78, 5) is 12.6. The molecule has 0 amide bonds. The Morgan fingerprint density at radius 1 is 1.35 bits per heavy atom. The Morgan fingerprint density at radius 3 is 2.59 bits per heavy atom. The highest BCUT2D eigenvalue weighted by atomic mass is 32.2. The van der Waals surface area contributed by atoms with Gasteiger partial charge < -0.3 is 4.74 Å². The van der Waals surface area contributed by atoms with Gasteiger partial charge in [0.2, 0.25) is 0 Å². The third-order valence-electron chi connectivity index (χ3n) is 1.85. The Bertz CT molecular complexity index is 385. The van der Waals surface area contributed by atoms with E-state index in [9.17, 15) is 4.79 Å². The van der Waals surface area contributed by atoms with E-state index in [1.807, 2.05) is 18.2 Å². The molecule has 0 atom stereocenters. The van der Waals surface area contributed by atoms with E-state index in [1.54, 1.807) is 13.0 Å². The SMILES string of the molecule is CCOC(=O)c1ccccc1SNC(C)(C)C. The summed E-state index contributed by atoms with van der Waals surface area (Å²) in [5.74, 6) is -0.272.